The maximum atomic E-state index is 13.2. The van der Waals surface area contributed by atoms with Gasteiger partial charge in [-0.3, -0.25) is 4.79 Å². The molecule has 1 atom stereocenters. The van der Waals surface area contributed by atoms with E-state index in [-0.39, 0.29) is 38.6 Å². The Bertz CT molecular complexity index is 847. The van der Waals surface area contributed by atoms with E-state index in [2.05, 4.69) is 0 Å². The quantitative estimate of drug-likeness (QED) is 0.480. The van der Waals surface area contributed by atoms with Gasteiger partial charge in [0.15, 0.2) is 5.52 Å². The molecular formula is C23H32LiO5P. The second kappa shape index (κ2) is 10.6. The van der Waals surface area contributed by atoms with E-state index in [1.807, 2.05) is 59.7 Å². The van der Waals surface area contributed by atoms with Crippen molar-refractivity contribution in [2.75, 3.05) is 14.2 Å². The van der Waals surface area contributed by atoms with Gasteiger partial charge in [0.1, 0.15) is 39.8 Å². The van der Waals surface area contributed by atoms with E-state index in [9.17, 15) is 4.79 Å². The zero-order valence-corrected chi connectivity index (χ0v) is 19.5. The first-order valence-corrected chi connectivity index (χ1v) is 10.5. The van der Waals surface area contributed by atoms with E-state index < -0.39 is 5.60 Å². The van der Waals surface area contributed by atoms with Crippen LogP contribution in [0, 0.1) is 0 Å². The van der Waals surface area contributed by atoms with Gasteiger partial charge in [-0.15, -0.1) is 0 Å². The van der Waals surface area contributed by atoms with E-state index in [1.165, 1.54) is 0 Å². The molecular weight excluding hydrogens is 394 g/mol. The van der Waals surface area contributed by atoms with Crippen LogP contribution in [-0.4, -0.2) is 49.8 Å². The summed E-state index contributed by atoms with van der Waals surface area (Å²) in [5, 5.41) is 0.805. The van der Waals surface area contributed by atoms with Crippen LogP contribution < -0.4 is 24.3 Å². The number of ether oxygens (including phenoxy) is 4. The number of methoxy groups -OCH3 is 2. The van der Waals surface area contributed by atoms with Crippen molar-refractivity contribution >= 4 is 38.3 Å². The minimum atomic E-state index is -0.412. The molecule has 5 nitrogen and oxygen atoms in total. The summed E-state index contributed by atoms with van der Waals surface area (Å²) in [6.45, 7) is 11.9. The molecule has 0 amide bonds. The molecule has 0 aliphatic carbocycles. The summed E-state index contributed by atoms with van der Waals surface area (Å²) in [7, 11) is 2.93. The van der Waals surface area contributed by atoms with Crippen LogP contribution in [0.3, 0.4) is 0 Å². The summed E-state index contributed by atoms with van der Waals surface area (Å²) in [6.07, 6.45) is 0. The summed E-state index contributed by atoms with van der Waals surface area (Å²) in [4.78, 5) is 13.2. The van der Waals surface area contributed by atoms with E-state index in [0.29, 0.717) is 28.6 Å². The molecule has 0 saturated carbocycles. The van der Waals surface area contributed by atoms with E-state index in [0.717, 1.165) is 5.30 Å². The van der Waals surface area contributed by atoms with Gasteiger partial charge in [-0.05, 0) is 74.4 Å². The zero-order valence-electron chi connectivity index (χ0n) is 18.5. The van der Waals surface area contributed by atoms with Gasteiger partial charge in [0, 0.05) is 11.4 Å². The predicted octanol–water partition coefficient (Wildman–Crippen LogP) is 4.55. The number of carbonyl (C=O) groups excluding carboxylic acids is 1. The molecule has 0 aliphatic heterocycles. The third kappa shape index (κ3) is 7.55. The first-order valence-electron chi connectivity index (χ1n) is 9.48. The van der Waals surface area contributed by atoms with Crippen LogP contribution in [0.15, 0.2) is 36.4 Å². The molecule has 2 rings (SSSR count). The van der Waals surface area contributed by atoms with Crippen molar-refractivity contribution in [1.29, 1.82) is 0 Å². The van der Waals surface area contributed by atoms with Crippen LogP contribution >= 0.6 is 8.58 Å². The Morgan fingerprint density at radius 3 is 1.80 bits per heavy atom. The Labute approximate surface area is 193 Å². The SMILES string of the molecule is COc1cccc(OC)c1C(=O)Pc1ccc(OC(C)(C)C)cc1OC(C)(C)C.[LiH]. The van der Waals surface area contributed by atoms with Gasteiger partial charge in [-0.2, -0.15) is 0 Å². The van der Waals surface area contributed by atoms with Crippen LogP contribution in [0.25, 0.3) is 0 Å². The molecule has 0 heterocycles. The summed E-state index contributed by atoms with van der Waals surface area (Å²) in [5.74, 6) is 2.33. The normalized spacial score (nSPS) is 11.7. The Balaban J connectivity index is 0.00000450. The van der Waals surface area contributed by atoms with Crippen LogP contribution in [0.5, 0.6) is 23.0 Å². The summed E-state index contributed by atoms with van der Waals surface area (Å²) in [5.41, 5.74) is -0.385. The van der Waals surface area contributed by atoms with Gasteiger partial charge in [0.2, 0.25) is 0 Å². The first-order chi connectivity index (χ1) is 13.4. The van der Waals surface area contributed by atoms with Gasteiger partial charge >= 0.3 is 18.9 Å². The molecule has 0 spiro atoms. The van der Waals surface area contributed by atoms with Crippen LogP contribution in [0.1, 0.15) is 51.9 Å². The zero-order chi connectivity index (χ0) is 21.8. The second-order valence-corrected chi connectivity index (χ2v) is 9.82. The third-order valence-electron chi connectivity index (χ3n) is 3.70. The predicted molar refractivity (Wildman–Crippen MR) is 126 cm³/mol. The number of carbonyl (C=O) groups is 1. The fraction of sp³-hybridized carbons (Fsp3) is 0.435. The van der Waals surface area contributed by atoms with Crippen LogP contribution in [0.4, 0.5) is 0 Å². The standard InChI is InChI=1S/C23H31O5P.Li.H/c1-22(2,3)27-15-12-13-19(18(14-15)28-23(4,5)6)29-21(24)20-16(25-7)10-9-11-17(20)26-8;;/h9-14,29H,1-8H3;;. The fourth-order valence-electron chi connectivity index (χ4n) is 2.70. The molecule has 7 heteroatoms. The van der Waals surface area contributed by atoms with Gasteiger partial charge < -0.3 is 18.9 Å². The van der Waals surface area contributed by atoms with Crippen LogP contribution in [-0.2, 0) is 0 Å². The number of hydrogen-bond acceptors (Lipinski definition) is 5. The van der Waals surface area contributed by atoms with Crippen molar-refractivity contribution in [2.45, 2.75) is 52.7 Å². The average molecular weight is 426 g/mol. The van der Waals surface area contributed by atoms with Gasteiger partial charge in [-0.1, -0.05) is 6.07 Å². The molecule has 0 saturated heterocycles. The Morgan fingerprint density at radius 2 is 1.33 bits per heavy atom. The first kappa shape index (κ1) is 26.4. The van der Waals surface area contributed by atoms with Crippen molar-refractivity contribution in [2.24, 2.45) is 0 Å². The second-order valence-electron chi connectivity index (χ2n) is 8.58. The average Bonchev–Trinajstić information content (AvgIpc) is 2.60. The van der Waals surface area contributed by atoms with Crippen molar-refractivity contribution < 1.29 is 23.7 Å². The van der Waals surface area contributed by atoms with E-state index >= 15 is 0 Å². The van der Waals surface area contributed by atoms with Crippen molar-refractivity contribution in [1.82, 2.24) is 0 Å². The number of benzene rings is 2. The summed E-state index contributed by atoms with van der Waals surface area (Å²) >= 11 is 0. The molecule has 2 aromatic rings. The van der Waals surface area contributed by atoms with E-state index in [1.54, 1.807) is 32.4 Å². The molecule has 160 valence electrons. The topological polar surface area (TPSA) is 54.0 Å². The summed E-state index contributed by atoms with van der Waals surface area (Å²) in [6, 6.07) is 10.9. The number of rotatable bonds is 7. The molecule has 2 aromatic carbocycles. The molecule has 0 fully saturated rings. The molecule has 0 aliphatic rings. The molecule has 0 bridgehead atoms. The van der Waals surface area contributed by atoms with Crippen LogP contribution in [0.2, 0.25) is 0 Å². The van der Waals surface area contributed by atoms with E-state index in [4.69, 9.17) is 18.9 Å². The minimum absolute atomic E-state index is 0. The van der Waals surface area contributed by atoms with Gasteiger partial charge in [0.05, 0.1) is 14.2 Å². The third-order valence-corrected chi connectivity index (χ3v) is 4.86. The molecule has 30 heavy (non-hydrogen) atoms. The Hall–Kier alpha value is -1.66. The van der Waals surface area contributed by atoms with Gasteiger partial charge in [-0.25, -0.2) is 0 Å². The molecule has 0 radical (unpaired) electrons. The monoisotopic (exact) mass is 426 g/mol. The summed E-state index contributed by atoms with van der Waals surface area (Å²) < 4.78 is 22.9. The molecule has 0 N–H and O–H groups in total. The Morgan fingerprint density at radius 1 is 0.800 bits per heavy atom. The van der Waals surface area contributed by atoms with Crippen molar-refractivity contribution in [3.8, 4) is 23.0 Å². The fourth-order valence-corrected chi connectivity index (χ4v) is 3.73. The molecule has 1 unspecified atom stereocenters. The van der Waals surface area contributed by atoms with Crippen molar-refractivity contribution in [3.05, 3.63) is 42.0 Å². The van der Waals surface area contributed by atoms with Crippen molar-refractivity contribution in [3.63, 3.8) is 0 Å². The number of hydrogen-bond donors (Lipinski definition) is 0. The maximum absolute atomic E-state index is 13.2. The Kier molecular flexibility index (Phi) is 9.30. The van der Waals surface area contributed by atoms with Gasteiger partial charge in [0.25, 0.3) is 0 Å². The molecule has 0 aromatic heterocycles.